The van der Waals surface area contributed by atoms with Gasteiger partial charge in [0.15, 0.2) is 0 Å². The second kappa shape index (κ2) is 7.25. The second-order valence-corrected chi connectivity index (χ2v) is 7.91. The summed E-state index contributed by atoms with van der Waals surface area (Å²) >= 11 is 0. The first-order valence-electron chi connectivity index (χ1n) is 9.69. The lowest BCUT2D eigenvalue weighted by molar-refractivity contribution is 0.211. The van der Waals surface area contributed by atoms with Crippen LogP contribution >= 0.6 is 0 Å². The topological polar surface area (TPSA) is 12.9 Å². The number of aromatic nitrogens is 1. The van der Waals surface area contributed by atoms with E-state index in [4.69, 9.17) is 4.98 Å². The van der Waals surface area contributed by atoms with Crippen molar-refractivity contribution in [2.45, 2.75) is 73.1 Å². The molecule has 0 N–H and O–H groups in total. The van der Waals surface area contributed by atoms with Gasteiger partial charge in [-0.25, -0.2) is 0 Å². The standard InChI is InChI=1S/C23H35N/c1-8-18(5)22(6,10-3)20-16-17(4)15-19(9-2)23(20,7)21-13-11-12-14-24-21/h11-18H,8-10H2,1-7H3/t17?,18-,22?,23?/m1/s1. The maximum absolute atomic E-state index is 4.80. The van der Waals surface area contributed by atoms with Gasteiger partial charge in [0.1, 0.15) is 0 Å². The van der Waals surface area contributed by atoms with E-state index in [-0.39, 0.29) is 10.8 Å². The Kier molecular flexibility index (Phi) is 5.73. The molecule has 1 aromatic rings. The van der Waals surface area contributed by atoms with Gasteiger partial charge in [0.25, 0.3) is 0 Å². The number of hydrogen-bond acceptors (Lipinski definition) is 1. The zero-order chi connectivity index (χ0) is 18.0. The molecule has 1 heterocycles. The molecule has 1 aliphatic carbocycles. The maximum Gasteiger partial charge on any atom is 0.0544 e. The molecule has 1 aromatic heterocycles. The van der Waals surface area contributed by atoms with Crippen molar-refractivity contribution in [1.29, 1.82) is 0 Å². The lowest BCUT2D eigenvalue weighted by atomic mass is 9.55. The molecule has 0 fully saturated rings. The van der Waals surface area contributed by atoms with E-state index in [1.54, 1.807) is 5.57 Å². The fourth-order valence-corrected chi connectivity index (χ4v) is 4.58. The highest BCUT2D eigenvalue weighted by Crippen LogP contribution is 2.54. The molecule has 24 heavy (non-hydrogen) atoms. The van der Waals surface area contributed by atoms with Crippen molar-refractivity contribution in [2.24, 2.45) is 17.3 Å². The van der Waals surface area contributed by atoms with Gasteiger partial charge in [-0.15, -0.1) is 0 Å². The minimum Gasteiger partial charge on any atom is -0.260 e. The van der Waals surface area contributed by atoms with Gasteiger partial charge in [-0.1, -0.05) is 77.3 Å². The Hall–Kier alpha value is -1.37. The summed E-state index contributed by atoms with van der Waals surface area (Å²) in [5.74, 6) is 1.15. The number of allylic oxidation sites excluding steroid dienone is 4. The molecular weight excluding hydrogens is 290 g/mol. The zero-order valence-corrected chi connectivity index (χ0v) is 16.7. The Labute approximate surface area is 149 Å². The van der Waals surface area contributed by atoms with Crippen molar-refractivity contribution in [1.82, 2.24) is 4.98 Å². The van der Waals surface area contributed by atoms with Crippen LogP contribution in [0.25, 0.3) is 0 Å². The van der Waals surface area contributed by atoms with E-state index in [0.717, 1.165) is 6.42 Å². The lowest BCUT2D eigenvalue weighted by Gasteiger charge is -2.49. The maximum atomic E-state index is 4.80. The number of hydrogen-bond donors (Lipinski definition) is 0. The van der Waals surface area contributed by atoms with Crippen LogP contribution in [0.4, 0.5) is 0 Å². The van der Waals surface area contributed by atoms with Crippen LogP contribution in [0.15, 0.2) is 47.7 Å². The molecule has 132 valence electrons. The van der Waals surface area contributed by atoms with Crippen LogP contribution in [0.5, 0.6) is 0 Å². The van der Waals surface area contributed by atoms with Crippen LogP contribution < -0.4 is 0 Å². The first kappa shape index (κ1) is 19.0. The minimum atomic E-state index is -0.0866. The molecular formula is C23H35N. The number of rotatable bonds is 6. The monoisotopic (exact) mass is 325 g/mol. The molecule has 0 radical (unpaired) electrons. The molecule has 4 atom stereocenters. The molecule has 1 heteroatoms. The van der Waals surface area contributed by atoms with Gasteiger partial charge in [0, 0.05) is 6.20 Å². The second-order valence-electron chi connectivity index (χ2n) is 7.91. The van der Waals surface area contributed by atoms with Gasteiger partial charge in [-0.3, -0.25) is 4.98 Å². The molecule has 1 nitrogen and oxygen atoms in total. The van der Waals surface area contributed by atoms with Gasteiger partial charge in [0.05, 0.1) is 11.1 Å². The van der Waals surface area contributed by atoms with E-state index in [1.807, 2.05) is 12.3 Å². The molecule has 0 saturated carbocycles. The lowest BCUT2D eigenvalue weighted by Crippen LogP contribution is -2.42. The molecule has 0 spiro atoms. The van der Waals surface area contributed by atoms with Gasteiger partial charge in [-0.2, -0.15) is 0 Å². The Morgan fingerprint density at radius 3 is 2.42 bits per heavy atom. The van der Waals surface area contributed by atoms with E-state index >= 15 is 0 Å². The van der Waals surface area contributed by atoms with Crippen LogP contribution in [0, 0.1) is 17.3 Å². The Bertz CT molecular complexity index is 612. The Balaban J connectivity index is 2.70. The summed E-state index contributed by atoms with van der Waals surface area (Å²) in [6, 6.07) is 6.35. The predicted molar refractivity (Wildman–Crippen MR) is 105 cm³/mol. The molecule has 0 bridgehead atoms. The fraction of sp³-hybridized carbons (Fsp3) is 0.609. The summed E-state index contributed by atoms with van der Waals surface area (Å²) < 4.78 is 0. The van der Waals surface area contributed by atoms with E-state index in [0.29, 0.717) is 11.8 Å². The van der Waals surface area contributed by atoms with Crippen LogP contribution in [-0.2, 0) is 5.41 Å². The minimum absolute atomic E-state index is 0.0866. The van der Waals surface area contributed by atoms with Gasteiger partial charge in [-0.05, 0) is 49.1 Å². The summed E-state index contributed by atoms with van der Waals surface area (Å²) in [4.78, 5) is 4.80. The summed E-state index contributed by atoms with van der Waals surface area (Å²) in [6.07, 6.45) is 10.4. The van der Waals surface area contributed by atoms with Gasteiger partial charge >= 0.3 is 0 Å². The van der Waals surface area contributed by atoms with E-state index in [9.17, 15) is 0 Å². The Morgan fingerprint density at radius 1 is 1.21 bits per heavy atom. The fourth-order valence-electron chi connectivity index (χ4n) is 4.58. The van der Waals surface area contributed by atoms with Gasteiger partial charge in [0.2, 0.25) is 0 Å². The van der Waals surface area contributed by atoms with Crippen LogP contribution in [-0.4, -0.2) is 4.98 Å². The summed E-state index contributed by atoms with van der Waals surface area (Å²) in [5, 5.41) is 0. The molecule has 0 aliphatic heterocycles. The SMILES string of the molecule is CCC1=CC(C)C=C(C(C)(CC)[C@H](C)CC)C1(C)c1ccccn1. The third-order valence-electron chi connectivity index (χ3n) is 6.68. The first-order chi connectivity index (χ1) is 11.3. The quantitative estimate of drug-likeness (QED) is 0.529. The molecule has 0 amide bonds. The third-order valence-corrected chi connectivity index (χ3v) is 6.68. The van der Waals surface area contributed by atoms with E-state index in [1.165, 1.54) is 24.1 Å². The summed E-state index contributed by atoms with van der Waals surface area (Å²) in [6.45, 7) is 16.6. The van der Waals surface area contributed by atoms with Crippen molar-refractivity contribution in [3.05, 3.63) is 53.4 Å². The largest absolute Gasteiger partial charge is 0.260 e. The third kappa shape index (κ3) is 2.98. The normalized spacial score (nSPS) is 27.9. The molecule has 2 rings (SSSR count). The predicted octanol–water partition coefficient (Wildman–Crippen LogP) is 6.71. The zero-order valence-electron chi connectivity index (χ0n) is 16.7. The average Bonchev–Trinajstić information content (AvgIpc) is 2.62. The van der Waals surface area contributed by atoms with Crippen LogP contribution in [0.1, 0.15) is 73.4 Å². The van der Waals surface area contributed by atoms with Crippen molar-refractivity contribution in [3.63, 3.8) is 0 Å². The van der Waals surface area contributed by atoms with Crippen molar-refractivity contribution in [2.75, 3.05) is 0 Å². The van der Waals surface area contributed by atoms with Crippen molar-refractivity contribution in [3.8, 4) is 0 Å². The van der Waals surface area contributed by atoms with Crippen LogP contribution in [0.2, 0.25) is 0 Å². The molecule has 0 aromatic carbocycles. The van der Waals surface area contributed by atoms with E-state index in [2.05, 4.69) is 72.8 Å². The van der Waals surface area contributed by atoms with E-state index < -0.39 is 0 Å². The summed E-state index contributed by atoms with van der Waals surface area (Å²) in [5.41, 5.74) is 4.41. The van der Waals surface area contributed by atoms with Crippen molar-refractivity contribution < 1.29 is 0 Å². The average molecular weight is 326 g/mol. The highest BCUT2D eigenvalue weighted by molar-refractivity contribution is 5.49. The molecule has 0 saturated heterocycles. The first-order valence-corrected chi connectivity index (χ1v) is 9.69. The molecule has 3 unspecified atom stereocenters. The highest BCUT2D eigenvalue weighted by atomic mass is 14.7. The van der Waals surface area contributed by atoms with Crippen LogP contribution in [0.3, 0.4) is 0 Å². The smallest absolute Gasteiger partial charge is 0.0544 e. The van der Waals surface area contributed by atoms with Crippen molar-refractivity contribution >= 4 is 0 Å². The van der Waals surface area contributed by atoms with Gasteiger partial charge < -0.3 is 0 Å². The number of nitrogens with zero attached hydrogens (tertiary/aromatic N) is 1. The summed E-state index contributed by atoms with van der Waals surface area (Å²) in [7, 11) is 0. The molecule has 1 aliphatic rings. The number of pyridine rings is 1. The Morgan fingerprint density at radius 2 is 1.92 bits per heavy atom. The highest BCUT2D eigenvalue weighted by Gasteiger charge is 2.47.